The van der Waals surface area contributed by atoms with Crippen LogP contribution in [-0.2, 0) is 22.6 Å². The largest absolute Gasteiger partial charge is 0.392 e. The maximum absolute atomic E-state index is 14.0. The number of thioether (sulfide) groups is 1. The van der Waals surface area contributed by atoms with Gasteiger partial charge in [0.15, 0.2) is 29.6 Å². The van der Waals surface area contributed by atoms with E-state index in [9.17, 15) is 31.9 Å². The van der Waals surface area contributed by atoms with Gasteiger partial charge < -0.3 is 19.9 Å². The second-order valence-electron chi connectivity index (χ2n) is 9.84. The van der Waals surface area contributed by atoms with E-state index in [0.717, 1.165) is 16.0 Å². The van der Waals surface area contributed by atoms with E-state index in [2.05, 4.69) is 5.32 Å². The highest BCUT2D eigenvalue weighted by Crippen LogP contribution is 2.39. The van der Waals surface area contributed by atoms with Crippen molar-refractivity contribution in [2.75, 3.05) is 5.75 Å². The Morgan fingerprint density at radius 1 is 0.767 bits per heavy atom. The van der Waals surface area contributed by atoms with Gasteiger partial charge in [-0.2, -0.15) is 0 Å². The molecular weight excluding hydrogens is 589 g/mol. The molecule has 4 aromatic rings. The number of amides is 1. The molecule has 0 radical (unpaired) electrons. The maximum atomic E-state index is 14.0. The summed E-state index contributed by atoms with van der Waals surface area (Å²) in [6.45, 7) is -0.302. The monoisotopic (exact) mass is 615 g/mol. The summed E-state index contributed by atoms with van der Waals surface area (Å²) in [5.74, 6) is -11.9. The van der Waals surface area contributed by atoms with Gasteiger partial charge in [0.05, 0.1) is 18.8 Å². The lowest BCUT2D eigenvalue weighted by molar-refractivity contribution is -0.245. The lowest BCUT2D eigenvalue weighted by atomic mass is 10.0. The highest BCUT2D eigenvalue weighted by atomic mass is 32.2. The third-order valence-corrected chi connectivity index (χ3v) is 8.08. The average Bonchev–Trinajstić information content (AvgIpc) is 3.05. The first-order valence-corrected chi connectivity index (χ1v) is 14.3. The van der Waals surface area contributed by atoms with Gasteiger partial charge in [-0.1, -0.05) is 66.7 Å². The molecule has 3 atom stereocenters. The molecule has 4 aromatic carbocycles. The van der Waals surface area contributed by atoms with Crippen LogP contribution in [0.2, 0.25) is 0 Å². The van der Waals surface area contributed by atoms with E-state index in [4.69, 9.17) is 9.47 Å². The Bertz CT molecular complexity index is 1540. The predicted molar refractivity (Wildman–Crippen MR) is 149 cm³/mol. The van der Waals surface area contributed by atoms with Crippen molar-refractivity contribution in [1.82, 2.24) is 5.32 Å². The van der Waals surface area contributed by atoms with E-state index >= 15 is 0 Å². The van der Waals surface area contributed by atoms with Gasteiger partial charge in [-0.05, 0) is 28.8 Å². The predicted octanol–water partition coefficient (Wildman–Crippen LogP) is 7.14. The smallest absolute Gasteiger partial charge is 0.257 e. The zero-order chi connectivity index (χ0) is 30.5. The Morgan fingerprint density at radius 3 is 1.98 bits per heavy atom. The molecule has 224 valence electrons. The number of halogens is 5. The van der Waals surface area contributed by atoms with E-state index in [-0.39, 0.29) is 25.4 Å². The first-order valence-electron chi connectivity index (χ1n) is 13.3. The first kappa shape index (κ1) is 30.7. The molecule has 5 nitrogen and oxygen atoms in total. The minimum atomic E-state index is -2.33. The standard InChI is InChI=1S/C32H26F5NO4S/c33-26-25(27(34)29(36)30(37)28(26)35)31(40)38-15-18-6-12-21(13-7-18)32-41-22(17-43-23-4-2-1-3-5-23)14-24(42-32)20-10-8-19(16-39)9-11-20/h1-13,22,24,32,39H,14-17H2,(H,38,40)/t22-,24+,32+/m1/s1. The molecule has 11 heteroatoms. The molecule has 2 N–H and O–H groups in total. The molecule has 0 bridgehead atoms. The van der Waals surface area contributed by atoms with Gasteiger partial charge in [-0.3, -0.25) is 4.79 Å². The highest BCUT2D eigenvalue weighted by molar-refractivity contribution is 7.99. The highest BCUT2D eigenvalue weighted by Gasteiger charge is 2.33. The average molecular weight is 616 g/mol. The van der Waals surface area contributed by atoms with E-state index in [1.54, 1.807) is 36.0 Å². The Morgan fingerprint density at radius 2 is 1.35 bits per heavy atom. The number of carbonyl (C=O) groups is 1. The minimum Gasteiger partial charge on any atom is -0.392 e. The van der Waals surface area contributed by atoms with Crippen molar-refractivity contribution in [3.63, 3.8) is 0 Å². The zero-order valence-corrected chi connectivity index (χ0v) is 23.4. The van der Waals surface area contributed by atoms with Gasteiger partial charge in [0.25, 0.3) is 5.91 Å². The molecule has 0 saturated carbocycles. The first-order chi connectivity index (χ1) is 20.7. The van der Waals surface area contributed by atoms with Crippen molar-refractivity contribution in [3.8, 4) is 0 Å². The van der Waals surface area contributed by atoms with Crippen LogP contribution in [0.15, 0.2) is 83.8 Å². The van der Waals surface area contributed by atoms with Crippen LogP contribution in [0.5, 0.6) is 0 Å². The van der Waals surface area contributed by atoms with Crippen LogP contribution in [-0.4, -0.2) is 22.9 Å². The quantitative estimate of drug-likeness (QED) is 0.0907. The van der Waals surface area contributed by atoms with Crippen LogP contribution in [0.25, 0.3) is 0 Å². The van der Waals surface area contributed by atoms with Crippen molar-refractivity contribution < 1.29 is 41.3 Å². The SMILES string of the molecule is O=C(NCc1ccc([C@H]2O[C@@H](CSc3ccccc3)C[C@@H](c3ccc(CO)cc3)O2)cc1)c1c(F)c(F)c(F)c(F)c1F. The van der Waals surface area contributed by atoms with Gasteiger partial charge in [0, 0.05) is 29.2 Å². The molecule has 0 aliphatic carbocycles. The molecule has 0 unspecified atom stereocenters. The fraction of sp³-hybridized carbons (Fsp3) is 0.219. The molecule has 5 rings (SSSR count). The summed E-state index contributed by atoms with van der Waals surface area (Å²) in [4.78, 5) is 13.4. The molecule has 1 heterocycles. The number of aliphatic hydroxyl groups is 1. The Balaban J connectivity index is 1.28. The maximum Gasteiger partial charge on any atom is 0.257 e. The Labute approximate surface area is 248 Å². The van der Waals surface area contributed by atoms with Gasteiger partial charge in [-0.15, -0.1) is 11.8 Å². The number of ether oxygens (including phenoxy) is 2. The number of carbonyl (C=O) groups excluding carboxylic acids is 1. The molecule has 1 saturated heterocycles. The molecule has 0 aromatic heterocycles. The van der Waals surface area contributed by atoms with Crippen molar-refractivity contribution in [2.45, 2.75) is 43.0 Å². The van der Waals surface area contributed by atoms with Crippen LogP contribution in [0.4, 0.5) is 22.0 Å². The molecule has 43 heavy (non-hydrogen) atoms. The van der Waals surface area contributed by atoms with Gasteiger partial charge in [0.2, 0.25) is 5.82 Å². The van der Waals surface area contributed by atoms with Gasteiger partial charge in [-0.25, -0.2) is 22.0 Å². The second kappa shape index (κ2) is 13.7. The van der Waals surface area contributed by atoms with Crippen molar-refractivity contribution >= 4 is 17.7 Å². The summed E-state index contributed by atoms with van der Waals surface area (Å²) in [6.07, 6.45) is -0.564. The topological polar surface area (TPSA) is 67.8 Å². The number of rotatable bonds is 9. The van der Waals surface area contributed by atoms with Crippen molar-refractivity contribution in [2.24, 2.45) is 0 Å². The van der Waals surface area contributed by atoms with Crippen LogP contribution in [0, 0.1) is 29.1 Å². The van der Waals surface area contributed by atoms with Gasteiger partial charge in [0.1, 0.15) is 5.56 Å². The molecule has 1 amide bonds. The van der Waals surface area contributed by atoms with Gasteiger partial charge >= 0.3 is 0 Å². The lowest BCUT2D eigenvalue weighted by Crippen LogP contribution is -2.31. The van der Waals surface area contributed by atoms with Crippen LogP contribution in [0.1, 0.15) is 51.4 Å². The minimum absolute atomic E-state index is 0.0672. The van der Waals surface area contributed by atoms with Crippen LogP contribution >= 0.6 is 11.8 Å². The van der Waals surface area contributed by atoms with Crippen LogP contribution in [0.3, 0.4) is 0 Å². The normalized spacial score (nSPS) is 18.4. The number of hydrogen-bond donors (Lipinski definition) is 2. The summed E-state index contributed by atoms with van der Waals surface area (Å²) in [6, 6.07) is 24.1. The van der Waals surface area contributed by atoms with E-state index in [1.807, 2.05) is 54.6 Å². The summed E-state index contributed by atoms with van der Waals surface area (Å²) in [5, 5.41) is 11.6. The Hall–Kier alpha value is -3.77. The molecule has 0 spiro atoms. The molecule has 1 fully saturated rings. The van der Waals surface area contributed by atoms with Crippen molar-refractivity contribution in [1.29, 1.82) is 0 Å². The molecular formula is C32H26F5NO4S. The molecule has 1 aliphatic heterocycles. The number of benzene rings is 4. The Kier molecular flexibility index (Phi) is 9.76. The second-order valence-corrected chi connectivity index (χ2v) is 10.9. The third kappa shape index (κ3) is 7.07. The third-order valence-electron chi connectivity index (χ3n) is 6.94. The van der Waals surface area contributed by atoms with E-state index in [0.29, 0.717) is 23.3 Å². The summed E-state index contributed by atoms with van der Waals surface area (Å²) in [5.41, 5.74) is 1.36. The van der Waals surface area contributed by atoms with E-state index < -0.39 is 46.8 Å². The fourth-order valence-electron chi connectivity index (χ4n) is 4.60. The lowest BCUT2D eigenvalue weighted by Gasteiger charge is -2.36. The number of hydrogen-bond acceptors (Lipinski definition) is 5. The summed E-state index contributed by atoms with van der Waals surface area (Å²) < 4.78 is 80.9. The zero-order valence-electron chi connectivity index (χ0n) is 22.5. The van der Waals surface area contributed by atoms with Crippen molar-refractivity contribution in [3.05, 3.63) is 136 Å². The number of nitrogens with one attached hydrogen (secondary N) is 1. The number of aliphatic hydroxyl groups excluding tert-OH is 1. The summed E-state index contributed by atoms with van der Waals surface area (Å²) >= 11 is 1.67. The fourth-order valence-corrected chi connectivity index (χ4v) is 5.54. The van der Waals surface area contributed by atoms with Crippen LogP contribution < -0.4 is 5.32 Å². The molecule has 1 aliphatic rings. The van der Waals surface area contributed by atoms with E-state index in [1.165, 1.54) is 0 Å². The summed E-state index contributed by atoms with van der Waals surface area (Å²) in [7, 11) is 0.